The van der Waals surface area contributed by atoms with Crippen LogP contribution < -0.4 is 39.0 Å². The Hall–Kier alpha value is -1.55. The maximum absolute atomic E-state index is 12.5. The van der Waals surface area contributed by atoms with Crippen LogP contribution >= 0.6 is 22.6 Å². The number of nitrogens with zero attached hydrogens (tertiary/aromatic N) is 4. The molecule has 0 unspecified atom stereocenters. The molecule has 1 N–H and O–H groups in total. The van der Waals surface area contributed by atoms with Gasteiger partial charge in [0.2, 0.25) is 10.0 Å². The second kappa shape index (κ2) is 10.3. The minimum absolute atomic E-state index is 0. The molecule has 0 atom stereocenters. The SMILES string of the molecule is COC(=O)c1ccc(I)cc1S(=O)(=O)NC(=O)[N-]c1nc(C)nc(OC)n1.[Na+]. The first-order chi connectivity index (χ1) is 12.7. The molecule has 144 valence electrons. The molecule has 2 rings (SSSR count). The Balaban J connectivity index is 0.00000392. The van der Waals surface area contributed by atoms with Gasteiger partial charge in [-0.3, -0.25) is 19.8 Å². The predicted molar refractivity (Wildman–Crippen MR) is 100 cm³/mol. The van der Waals surface area contributed by atoms with Gasteiger partial charge in [0.15, 0.2) is 0 Å². The van der Waals surface area contributed by atoms with Crippen molar-refractivity contribution in [3.05, 3.63) is 38.5 Å². The molecule has 1 heterocycles. The third kappa shape index (κ3) is 6.23. The van der Waals surface area contributed by atoms with Crippen molar-refractivity contribution in [2.45, 2.75) is 11.8 Å². The molecule has 0 aliphatic carbocycles. The summed E-state index contributed by atoms with van der Waals surface area (Å²) in [5, 5.41) is 3.47. The molecule has 28 heavy (non-hydrogen) atoms. The van der Waals surface area contributed by atoms with E-state index in [9.17, 15) is 18.0 Å². The van der Waals surface area contributed by atoms with E-state index in [1.807, 2.05) is 22.6 Å². The first-order valence-electron chi connectivity index (χ1n) is 7.09. The number of hydrogen-bond acceptors (Lipinski definition) is 9. The Morgan fingerprint density at radius 3 is 2.46 bits per heavy atom. The van der Waals surface area contributed by atoms with Crippen molar-refractivity contribution in [1.82, 2.24) is 19.7 Å². The van der Waals surface area contributed by atoms with Crippen molar-refractivity contribution in [1.29, 1.82) is 0 Å². The van der Waals surface area contributed by atoms with Crippen molar-refractivity contribution in [3.8, 4) is 6.01 Å². The number of aryl methyl sites for hydroxylation is 1. The number of carbonyl (C=O) groups is 2. The zero-order chi connectivity index (χ0) is 20.2. The molecule has 0 saturated carbocycles. The number of ether oxygens (including phenoxy) is 2. The van der Waals surface area contributed by atoms with Gasteiger partial charge in [0.05, 0.1) is 36.5 Å². The summed E-state index contributed by atoms with van der Waals surface area (Å²) < 4.78 is 36.7. The topological polar surface area (TPSA) is 152 Å². The first-order valence-corrected chi connectivity index (χ1v) is 9.65. The molecular weight excluding hydrogens is 516 g/mol. The van der Waals surface area contributed by atoms with Crippen molar-refractivity contribution in [3.63, 3.8) is 0 Å². The number of methoxy groups -OCH3 is 2. The monoisotopic (exact) mass is 529 g/mol. The van der Waals surface area contributed by atoms with E-state index in [1.165, 1.54) is 32.2 Å². The Morgan fingerprint density at radius 2 is 1.86 bits per heavy atom. The third-order valence-electron chi connectivity index (χ3n) is 2.96. The van der Waals surface area contributed by atoms with Crippen LogP contribution in [0.3, 0.4) is 0 Å². The predicted octanol–water partition coefficient (Wildman–Crippen LogP) is -1.31. The Kier molecular flexibility index (Phi) is 9.00. The van der Waals surface area contributed by atoms with E-state index in [1.54, 1.807) is 4.72 Å². The summed E-state index contributed by atoms with van der Waals surface area (Å²) in [6, 6.07) is 2.69. The second-order valence-corrected chi connectivity index (χ2v) is 7.72. The summed E-state index contributed by atoms with van der Waals surface area (Å²) in [7, 11) is -1.99. The minimum atomic E-state index is -4.42. The summed E-state index contributed by atoms with van der Waals surface area (Å²) in [6.07, 6.45) is 0. The number of halogens is 1. The molecule has 2 aromatic rings. The van der Waals surface area contributed by atoms with E-state index < -0.39 is 26.9 Å². The van der Waals surface area contributed by atoms with Gasteiger partial charge in [-0.1, -0.05) is 0 Å². The molecule has 11 nitrogen and oxygen atoms in total. The summed E-state index contributed by atoms with van der Waals surface area (Å²) in [4.78, 5) is 34.8. The van der Waals surface area contributed by atoms with Crippen molar-refractivity contribution < 1.29 is 57.0 Å². The smallest absolute Gasteiger partial charge is 0.476 e. The molecule has 2 amide bonds. The van der Waals surface area contributed by atoms with Gasteiger partial charge >= 0.3 is 35.5 Å². The number of aromatic nitrogens is 3. The number of rotatable bonds is 5. The Labute approximate surface area is 196 Å². The fourth-order valence-corrected chi connectivity index (χ4v) is 3.68. The molecule has 1 aromatic carbocycles. The minimum Gasteiger partial charge on any atom is -0.476 e. The largest absolute Gasteiger partial charge is 1.00 e. The molecule has 0 fully saturated rings. The van der Waals surface area contributed by atoms with Crippen LogP contribution in [0.5, 0.6) is 6.01 Å². The third-order valence-corrected chi connectivity index (χ3v) is 4.99. The summed E-state index contributed by atoms with van der Waals surface area (Å²) in [6.45, 7) is 1.52. The fourth-order valence-electron chi connectivity index (χ4n) is 1.87. The van der Waals surface area contributed by atoms with E-state index in [2.05, 4.69) is 25.0 Å². The quantitative estimate of drug-likeness (QED) is 0.283. The standard InChI is InChI=1S/C14H14IN5O6S.Na/c1-7-16-12(19-14(17-7)26-3)18-13(22)20-27(23,24)10-6-8(15)4-5-9(10)11(21)25-2;/h4-6H,1-3H3,(H2,16,17,18,19,20,22);/q;+1/p-1. The van der Waals surface area contributed by atoms with Crippen molar-refractivity contribution >= 4 is 50.6 Å². The van der Waals surface area contributed by atoms with Gasteiger partial charge in [-0.2, -0.15) is 0 Å². The fraction of sp³-hybridized carbons (Fsp3) is 0.214. The number of sulfonamides is 1. The number of carbonyl (C=O) groups excluding carboxylic acids is 2. The van der Waals surface area contributed by atoms with Crippen LogP contribution in [0.4, 0.5) is 10.7 Å². The number of esters is 1. The van der Waals surface area contributed by atoms with Gasteiger partial charge in [-0.05, 0) is 47.7 Å². The van der Waals surface area contributed by atoms with Gasteiger partial charge in [0.1, 0.15) is 0 Å². The van der Waals surface area contributed by atoms with Crippen LogP contribution in [0.1, 0.15) is 16.2 Å². The number of amides is 2. The van der Waals surface area contributed by atoms with E-state index in [4.69, 9.17) is 4.74 Å². The molecule has 0 aliphatic heterocycles. The first kappa shape index (κ1) is 24.5. The number of nitrogens with one attached hydrogen (secondary N) is 1. The van der Waals surface area contributed by atoms with Gasteiger partial charge in [0, 0.05) is 3.57 Å². The van der Waals surface area contributed by atoms with Crippen LogP contribution in [0.25, 0.3) is 5.32 Å². The summed E-state index contributed by atoms with van der Waals surface area (Å²) >= 11 is 1.87. The Morgan fingerprint density at radius 1 is 1.18 bits per heavy atom. The molecule has 0 aliphatic rings. The second-order valence-electron chi connectivity index (χ2n) is 4.82. The maximum Gasteiger partial charge on any atom is 1.00 e. The van der Waals surface area contributed by atoms with Crippen LogP contribution in [0, 0.1) is 10.5 Å². The average molecular weight is 529 g/mol. The number of hydrogen-bond donors (Lipinski definition) is 1. The van der Waals surface area contributed by atoms with E-state index in [0.717, 1.165) is 7.11 Å². The normalized spacial score (nSPS) is 10.4. The molecule has 0 saturated heterocycles. The number of urea groups is 1. The summed E-state index contributed by atoms with van der Waals surface area (Å²) in [5.41, 5.74) is -0.226. The van der Waals surface area contributed by atoms with Gasteiger partial charge in [0.25, 0.3) is 12.0 Å². The van der Waals surface area contributed by atoms with E-state index >= 15 is 0 Å². The average Bonchev–Trinajstić information content (AvgIpc) is 2.59. The molecule has 14 heteroatoms. The van der Waals surface area contributed by atoms with E-state index in [0.29, 0.717) is 3.57 Å². The Bertz CT molecular complexity index is 1000. The number of benzene rings is 1. The van der Waals surface area contributed by atoms with Crippen molar-refractivity contribution in [2.24, 2.45) is 0 Å². The van der Waals surface area contributed by atoms with Crippen LogP contribution in [0.15, 0.2) is 23.1 Å². The van der Waals surface area contributed by atoms with Crippen LogP contribution in [0.2, 0.25) is 0 Å². The molecule has 0 spiro atoms. The van der Waals surface area contributed by atoms with Crippen LogP contribution in [-0.4, -0.2) is 49.6 Å². The maximum atomic E-state index is 12.5. The van der Waals surface area contributed by atoms with Gasteiger partial charge in [-0.25, -0.2) is 18.2 Å². The molecule has 0 radical (unpaired) electrons. The van der Waals surface area contributed by atoms with E-state index in [-0.39, 0.29) is 52.9 Å². The zero-order valence-corrected chi connectivity index (χ0v) is 20.2. The van der Waals surface area contributed by atoms with Gasteiger partial charge in [-0.15, -0.1) is 0 Å². The zero-order valence-electron chi connectivity index (χ0n) is 15.3. The molecule has 1 aromatic heterocycles. The van der Waals surface area contributed by atoms with Gasteiger partial charge < -0.3 is 14.5 Å². The van der Waals surface area contributed by atoms with Crippen molar-refractivity contribution in [2.75, 3.05) is 14.2 Å². The molecule has 0 bridgehead atoms. The summed E-state index contributed by atoms with van der Waals surface area (Å²) in [5.74, 6) is -0.973. The molecular formula is C14H13IN5NaO6S. The van der Waals surface area contributed by atoms with Crippen LogP contribution in [-0.2, 0) is 14.8 Å².